The Kier molecular flexibility index (Phi) is 4.16. The molecule has 3 aromatic rings. The van der Waals surface area contributed by atoms with Gasteiger partial charge in [-0.1, -0.05) is 12.1 Å². The molecule has 4 rings (SSSR count). The quantitative estimate of drug-likeness (QED) is 0.714. The summed E-state index contributed by atoms with van der Waals surface area (Å²) in [7, 11) is 1.81. The molecule has 0 aliphatic carbocycles. The van der Waals surface area contributed by atoms with E-state index in [1.165, 1.54) is 0 Å². The minimum atomic E-state index is -0.0821. The van der Waals surface area contributed by atoms with Gasteiger partial charge in [-0.15, -0.1) is 0 Å². The Hall–Kier alpha value is -3.15. The average molecular weight is 348 g/mol. The first kappa shape index (κ1) is 16.3. The average Bonchev–Trinajstić information content (AvgIpc) is 3.03. The molecule has 2 aromatic heterocycles. The number of carbonyl (C=O) groups is 1. The van der Waals surface area contributed by atoms with Gasteiger partial charge in [-0.25, -0.2) is 0 Å². The molecule has 6 nitrogen and oxygen atoms in total. The molecule has 1 aliphatic heterocycles. The van der Waals surface area contributed by atoms with Gasteiger partial charge in [0.25, 0.3) is 5.91 Å². The standard InChI is InChI=1S/C20H20N4O2/c1-14-13-26-19-6-5-15(16-4-3-8-21-11-16)10-17(19)12-24(14)20(25)18-7-9-23(2)22-18/h3-11,14H,12-13H2,1-2H3/t14-/m0/s1. The zero-order valence-electron chi connectivity index (χ0n) is 14.8. The van der Waals surface area contributed by atoms with Gasteiger partial charge in [0.1, 0.15) is 18.1 Å². The number of rotatable bonds is 2. The number of carbonyl (C=O) groups excluding carboxylic acids is 1. The van der Waals surface area contributed by atoms with Crippen molar-refractivity contribution < 1.29 is 9.53 Å². The van der Waals surface area contributed by atoms with Crippen LogP contribution in [0.1, 0.15) is 23.0 Å². The van der Waals surface area contributed by atoms with E-state index < -0.39 is 0 Å². The molecule has 26 heavy (non-hydrogen) atoms. The summed E-state index contributed by atoms with van der Waals surface area (Å²) in [6, 6.07) is 11.7. The van der Waals surface area contributed by atoms with E-state index in [9.17, 15) is 4.79 Å². The highest BCUT2D eigenvalue weighted by atomic mass is 16.5. The van der Waals surface area contributed by atoms with E-state index in [1.807, 2.05) is 42.3 Å². The van der Waals surface area contributed by atoms with Crippen molar-refractivity contribution in [3.63, 3.8) is 0 Å². The van der Waals surface area contributed by atoms with Gasteiger partial charge in [-0.05, 0) is 36.8 Å². The largest absolute Gasteiger partial charge is 0.491 e. The first-order valence-corrected chi connectivity index (χ1v) is 8.58. The van der Waals surface area contributed by atoms with Crippen LogP contribution >= 0.6 is 0 Å². The molecular weight excluding hydrogens is 328 g/mol. The molecule has 0 radical (unpaired) electrons. The summed E-state index contributed by atoms with van der Waals surface area (Å²) in [4.78, 5) is 18.9. The fourth-order valence-corrected chi connectivity index (χ4v) is 3.14. The van der Waals surface area contributed by atoms with Gasteiger partial charge >= 0.3 is 0 Å². The summed E-state index contributed by atoms with van der Waals surface area (Å²) >= 11 is 0. The number of hydrogen-bond donors (Lipinski definition) is 0. The Morgan fingerprint density at radius 1 is 1.23 bits per heavy atom. The Morgan fingerprint density at radius 2 is 2.12 bits per heavy atom. The van der Waals surface area contributed by atoms with Crippen LogP contribution in [-0.4, -0.2) is 38.2 Å². The molecule has 0 N–H and O–H groups in total. The van der Waals surface area contributed by atoms with Crippen LogP contribution in [-0.2, 0) is 13.6 Å². The van der Waals surface area contributed by atoms with E-state index in [4.69, 9.17) is 4.74 Å². The Bertz CT molecular complexity index is 936. The monoisotopic (exact) mass is 348 g/mol. The second kappa shape index (κ2) is 6.63. The van der Waals surface area contributed by atoms with Crippen molar-refractivity contribution in [3.8, 4) is 16.9 Å². The fourth-order valence-electron chi connectivity index (χ4n) is 3.14. The first-order valence-electron chi connectivity index (χ1n) is 8.58. The number of nitrogens with zero attached hydrogens (tertiary/aromatic N) is 4. The predicted molar refractivity (Wildman–Crippen MR) is 97.7 cm³/mol. The van der Waals surface area contributed by atoms with Crippen LogP contribution in [0.25, 0.3) is 11.1 Å². The molecule has 1 aliphatic rings. The third-order valence-electron chi connectivity index (χ3n) is 4.60. The number of pyridine rings is 1. The molecule has 0 bridgehead atoms. The summed E-state index contributed by atoms with van der Waals surface area (Å²) < 4.78 is 7.58. The molecule has 3 heterocycles. The zero-order valence-corrected chi connectivity index (χ0v) is 14.8. The van der Waals surface area contributed by atoms with E-state index in [1.54, 1.807) is 30.2 Å². The van der Waals surface area contributed by atoms with Gasteiger partial charge in [0.15, 0.2) is 0 Å². The SMILES string of the molecule is C[C@H]1COc2ccc(-c3cccnc3)cc2CN1C(=O)c1ccn(C)n1. The van der Waals surface area contributed by atoms with Crippen molar-refractivity contribution >= 4 is 5.91 Å². The molecule has 1 amide bonds. The van der Waals surface area contributed by atoms with E-state index in [0.717, 1.165) is 22.4 Å². The van der Waals surface area contributed by atoms with Crippen molar-refractivity contribution in [1.29, 1.82) is 0 Å². The van der Waals surface area contributed by atoms with Crippen molar-refractivity contribution in [2.24, 2.45) is 7.05 Å². The second-order valence-electron chi connectivity index (χ2n) is 6.53. The maximum absolute atomic E-state index is 12.9. The highest BCUT2D eigenvalue weighted by Gasteiger charge is 2.28. The molecule has 0 spiro atoms. The van der Waals surface area contributed by atoms with E-state index in [2.05, 4.69) is 16.1 Å². The van der Waals surface area contributed by atoms with Gasteiger partial charge in [-0.2, -0.15) is 5.10 Å². The molecular formula is C20H20N4O2. The zero-order chi connectivity index (χ0) is 18.1. The van der Waals surface area contributed by atoms with Gasteiger partial charge in [0, 0.05) is 36.8 Å². The predicted octanol–water partition coefficient (Wildman–Crippen LogP) is 2.91. The number of ether oxygens (including phenoxy) is 1. The third-order valence-corrected chi connectivity index (χ3v) is 4.60. The van der Waals surface area contributed by atoms with Crippen LogP contribution in [0.15, 0.2) is 55.0 Å². The van der Waals surface area contributed by atoms with Crippen molar-refractivity contribution in [2.45, 2.75) is 19.5 Å². The summed E-state index contributed by atoms with van der Waals surface area (Å²) in [6.07, 6.45) is 5.37. The number of fused-ring (bicyclic) bond motifs is 1. The fraction of sp³-hybridized carbons (Fsp3) is 0.250. The molecule has 0 fully saturated rings. The van der Waals surface area contributed by atoms with Crippen molar-refractivity contribution in [1.82, 2.24) is 19.7 Å². The number of aromatic nitrogens is 3. The minimum absolute atomic E-state index is 0.0428. The van der Waals surface area contributed by atoms with Crippen molar-refractivity contribution in [2.75, 3.05) is 6.61 Å². The van der Waals surface area contributed by atoms with Gasteiger partial charge in [0.05, 0.1) is 12.6 Å². The van der Waals surface area contributed by atoms with Crippen LogP contribution in [0.4, 0.5) is 0 Å². The van der Waals surface area contributed by atoms with Gasteiger partial charge in [0.2, 0.25) is 0 Å². The van der Waals surface area contributed by atoms with Crippen LogP contribution in [0.5, 0.6) is 5.75 Å². The summed E-state index contributed by atoms with van der Waals surface area (Å²) in [6.45, 7) is 2.94. The first-order chi connectivity index (χ1) is 12.6. The maximum Gasteiger partial charge on any atom is 0.275 e. The maximum atomic E-state index is 12.9. The smallest absolute Gasteiger partial charge is 0.275 e. The Labute approximate surface area is 152 Å². The summed E-state index contributed by atoms with van der Waals surface area (Å²) in [5.41, 5.74) is 3.53. The lowest BCUT2D eigenvalue weighted by Gasteiger charge is -2.25. The number of aryl methyl sites for hydroxylation is 1. The van der Waals surface area contributed by atoms with Gasteiger partial charge < -0.3 is 9.64 Å². The molecule has 132 valence electrons. The number of hydrogen-bond acceptors (Lipinski definition) is 4. The molecule has 0 saturated heterocycles. The highest BCUT2D eigenvalue weighted by molar-refractivity contribution is 5.92. The topological polar surface area (TPSA) is 60.2 Å². The summed E-state index contributed by atoms with van der Waals surface area (Å²) in [5, 5.41) is 4.25. The summed E-state index contributed by atoms with van der Waals surface area (Å²) in [5.74, 6) is 0.738. The Balaban J connectivity index is 1.67. The van der Waals surface area contributed by atoms with Crippen molar-refractivity contribution in [3.05, 3.63) is 66.2 Å². The molecule has 1 atom stereocenters. The number of benzene rings is 1. The highest BCUT2D eigenvalue weighted by Crippen LogP contribution is 2.30. The van der Waals surface area contributed by atoms with E-state index in [-0.39, 0.29) is 11.9 Å². The van der Waals surface area contributed by atoms with Crippen LogP contribution < -0.4 is 4.74 Å². The molecule has 1 aromatic carbocycles. The van der Waals surface area contributed by atoms with E-state index >= 15 is 0 Å². The van der Waals surface area contributed by atoms with Crippen LogP contribution in [0.3, 0.4) is 0 Å². The molecule has 6 heteroatoms. The van der Waals surface area contributed by atoms with Crippen LogP contribution in [0, 0.1) is 0 Å². The molecule has 0 saturated carbocycles. The lowest BCUT2D eigenvalue weighted by Crippen LogP contribution is -2.40. The minimum Gasteiger partial charge on any atom is -0.491 e. The van der Waals surface area contributed by atoms with E-state index in [0.29, 0.717) is 18.8 Å². The third kappa shape index (κ3) is 3.06. The van der Waals surface area contributed by atoms with Gasteiger partial charge in [-0.3, -0.25) is 14.5 Å². The lowest BCUT2D eigenvalue weighted by molar-refractivity contribution is 0.0638. The number of amides is 1. The normalized spacial score (nSPS) is 16.5. The Morgan fingerprint density at radius 3 is 2.85 bits per heavy atom. The lowest BCUT2D eigenvalue weighted by atomic mass is 10.0. The second-order valence-corrected chi connectivity index (χ2v) is 6.53. The molecule has 0 unspecified atom stereocenters. The van der Waals surface area contributed by atoms with Crippen LogP contribution in [0.2, 0.25) is 0 Å².